The molecular formula is C16H15FO3. The molecular weight excluding hydrogens is 259 g/mol. The minimum atomic E-state index is -0.292. The lowest BCUT2D eigenvalue weighted by Gasteiger charge is -2.10. The summed E-state index contributed by atoms with van der Waals surface area (Å²) in [5.41, 5.74) is 6.50. The van der Waals surface area contributed by atoms with Gasteiger partial charge in [-0.1, -0.05) is 48.0 Å². The van der Waals surface area contributed by atoms with Crippen LogP contribution in [0, 0.1) is 6.92 Å². The van der Waals surface area contributed by atoms with Crippen molar-refractivity contribution in [2.45, 2.75) is 13.0 Å². The SMILES string of the molecule is COC1c2ccccc2-c2cc(C)ccc21.O=COF. The van der Waals surface area contributed by atoms with Gasteiger partial charge in [0.1, 0.15) is 6.10 Å². The molecule has 0 heterocycles. The van der Waals surface area contributed by atoms with Crippen molar-refractivity contribution in [1.29, 1.82) is 0 Å². The largest absolute Gasteiger partial charge is 0.372 e. The third kappa shape index (κ3) is 2.56. The lowest BCUT2D eigenvalue weighted by molar-refractivity contribution is -0.165. The molecule has 0 spiro atoms. The molecule has 2 aromatic rings. The molecule has 104 valence electrons. The van der Waals surface area contributed by atoms with E-state index < -0.39 is 0 Å². The van der Waals surface area contributed by atoms with Gasteiger partial charge in [-0.2, -0.15) is 0 Å². The first-order valence-electron chi connectivity index (χ1n) is 6.16. The smallest absolute Gasteiger partial charge is 0.337 e. The molecule has 0 saturated carbocycles. The minimum Gasteiger partial charge on any atom is -0.372 e. The second-order valence-corrected chi connectivity index (χ2v) is 4.48. The van der Waals surface area contributed by atoms with Crippen LogP contribution in [0.5, 0.6) is 0 Å². The molecule has 1 atom stereocenters. The molecule has 1 aliphatic carbocycles. The molecule has 0 N–H and O–H groups in total. The Morgan fingerprint density at radius 1 is 1.10 bits per heavy atom. The maximum absolute atomic E-state index is 9.85. The summed E-state index contributed by atoms with van der Waals surface area (Å²) in [6, 6.07) is 15.1. The summed E-state index contributed by atoms with van der Waals surface area (Å²) < 4.78 is 15.5. The molecule has 3 nitrogen and oxygen atoms in total. The summed E-state index contributed by atoms with van der Waals surface area (Å²) in [4.78, 5) is 10.9. The molecule has 2 aromatic carbocycles. The fourth-order valence-electron chi connectivity index (χ4n) is 2.52. The number of benzene rings is 2. The van der Waals surface area contributed by atoms with Gasteiger partial charge in [-0.25, -0.2) is 0 Å². The molecule has 0 bridgehead atoms. The normalized spacial score (nSPS) is 14.7. The summed E-state index contributed by atoms with van der Waals surface area (Å²) in [7, 11) is 1.77. The van der Waals surface area contributed by atoms with Gasteiger partial charge in [-0.05, 0) is 29.2 Å². The van der Waals surface area contributed by atoms with Crippen molar-refractivity contribution in [2.24, 2.45) is 0 Å². The zero-order chi connectivity index (χ0) is 14.5. The Labute approximate surface area is 116 Å². The van der Waals surface area contributed by atoms with E-state index in [0.29, 0.717) is 0 Å². The molecule has 0 saturated heterocycles. The Morgan fingerprint density at radius 2 is 1.75 bits per heavy atom. The Kier molecular flexibility index (Phi) is 4.48. The zero-order valence-corrected chi connectivity index (χ0v) is 11.3. The first-order chi connectivity index (χ1) is 9.72. The van der Waals surface area contributed by atoms with Crippen molar-refractivity contribution in [3.8, 4) is 11.1 Å². The molecule has 20 heavy (non-hydrogen) atoms. The number of hydrogen-bond acceptors (Lipinski definition) is 3. The van der Waals surface area contributed by atoms with Crippen molar-refractivity contribution in [3.63, 3.8) is 0 Å². The lowest BCUT2D eigenvalue weighted by atomic mass is 10.0. The number of carbonyl (C=O) groups excluding carboxylic acids is 1. The molecule has 0 amide bonds. The first kappa shape index (κ1) is 14.2. The van der Waals surface area contributed by atoms with E-state index in [-0.39, 0.29) is 12.6 Å². The molecule has 0 radical (unpaired) electrons. The van der Waals surface area contributed by atoms with Crippen molar-refractivity contribution >= 4 is 6.47 Å². The van der Waals surface area contributed by atoms with Crippen LogP contribution < -0.4 is 0 Å². The molecule has 0 aromatic heterocycles. The number of halogens is 1. The highest BCUT2D eigenvalue weighted by Crippen LogP contribution is 2.44. The van der Waals surface area contributed by atoms with E-state index in [2.05, 4.69) is 54.3 Å². The minimum absolute atomic E-state index is 0.104. The van der Waals surface area contributed by atoms with Crippen LogP contribution in [0.2, 0.25) is 0 Å². The van der Waals surface area contributed by atoms with Gasteiger partial charge in [0.15, 0.2) is 0 Å². The van der Waals surface area contributed by atoms with Crippen molar-refractivity contribution in [3.05, 3.63) is 59.2 Å². The fourth-order valence-corrected chi connectivity index (χ4v) is 2.52. The molecule has 4 heteroatoms. The quantitative estimate of drug-likeness (QED) is 0.782. The van der Waals surface area contributed by atoms with Crippen LogP contribution in [0.15, 0.2) is 42.5 Å². The maximum atomic E-state index is 9.85. The number of rotatable bonds is 2. The zero-order valence-electron chi connectivity index (χ0n) is 11.3. The summed E-state index contributed by atoms with van der Waals surface area (Å²) >= 11 is 0. The number of methoxy groups -OCH3 is 1. The van der Waals surface area contributed by atoms with Gasteiger partial charge in [-0.15, -0.1) is 0 Å². The Bertz CT molecular complexity index is 610. The number of carbonyl (C=O) groups is 1. The predicted octanol–water partition coefficient (Wildman–Crippen LogP) is 3.76. The highest BCUT2D eigenvalue weighted by atomic mass is 19.3. The second-order valence-electron chi connectivity index (χ2n) is 4.48. The fraction of sp³-hybridized carbons (Fsp3) is 0.188. The van der Waals surface area contributed by atoms with Crippen LogP contribution in [0.4, 0.5) is 4.53 Å². The molecule has 1 unspecified atom stereocenters. The van der Waals surface area contributed by atoms with Gasteiger partial charge in [0, 0.05) is 11.6 Å². The number of fused-ring (bicyclic) bond motifs is 3. The maximum Gasteiger partial charge on any atom is 0.337 e. The second kappa shape index (κ2) is 6.30. The summed E-state index contributed by atoms with van der Waals surface area (Å²) in [5.74, 6) is 0. The number of hydrogen-bond donors (Lipinski definition) is 0. The van der Waals surface area contributed by atoms with Crippen LogP contribution in [0.25, 0.3) is 11.1 Å². The van der Waals surface area contributed by atoms with Gasteiger partial charge in [0.05, 0.1) is 0 Å². The van der Waals surface area contributed by atoms with E-state index in [1.165, 1.54) is 27.8 Å². The standard InChI is InChI=1S/C15H14O.CHFO2/c1-10-7-8-13-14(9-10)11-5-3-4-6-12(11)15(13)16-2;2-4-1-3/h3-9,15H,1-2H3;1H. The third-order valence-electron chi connectivity index (χ3n) is 3.30. The van der Waals surface area contributed by atoms with E-state index in [0.717, 1.165) is 0 Å². The Morgan fingerprint density at radius 3 is 2.40 bits per heavy atom. The van der Waals surface area contributed by atoms with E-state index in [9.17, 15) is 4.53 Å². The van der Waals surface area contributed by atoms with Crippen molar-refractivity contribution < 1.29 is 19.0 Å². The van der Waals surface area contributed by atoms with Crippen molar-refractivity contribution in [1.82, 2.24) is 0 Å². The molecule has 0 fully saturated rings. The van der Waals surface area contributed by atoms with E-state index in [1.54, 1.807) is 7.11 Å². The van der Waals surface area contributed by atoms with Crippen LogP contribution in [0.1, 0.15) is 22.8 Å². The van der Waals surface area contributed by atoms with E-state index >= 15 is 0 Å². The van der Waals surface area contributed by atoms with Gasteiger partial charge in [0.2, 0.25) is 0 Å². The predicted molar refractivity (Wildman–Crippen MR) is 73.7 cm³/mol. The van der Waals surface area contributed by atoms with Gasteiger partial charge in [0.25, 0.3) is 0 Å². The van der Waals surface area contributed by atoms with Gasteiger partial charge < -0.3 is 4.74 Å². The average molecular weight is 274 g/mol. The van der Waals surface area contributed by atoms with E-state index in [1.807, 2.05) is 0 Å². The summed E-state index contributed by atoms with van der Waals surface area (Å²) in [6.45, 7) is 1.84. The molecule has 3 rings (SSSR count). The first-order valence-corrected chi connectivity index (χ1v) is 6.16. The topological polar surface area (TPSA) is 35.5 Å². The molecule has 1 aliphatic rings. The van der Waals surface area contributed by atoms with Gasteiger partial charge in [-0.3, -0.25) is 9.74 Å². The third-order valence-corrected chi connectivity index (χ3v) is 3.30. The average Bonchev–Trinajstić information content (AvgIpc) is 2.80. The van der Waals surface area contributed by atoms with Crippen LogP contribution in [-0.4, -0.2) is 13.6 Å². The summed E-state index contributed by atoms with van der Waals surface area (Å²) in [6.07, 6.45) is 0.104. The van der Waals surface area contributed by atoms with Crippen LogP contribution in [0.3, 0.4) is 0 Å². The highest BCUT2D eigenvalue weighted by molar-refractivity contribution is 5.78. The van der Waals surface area contributed by atoms with Crippen molar-refractivity contribution in [2.75, 3.05) is 7.11 Å². The number of aryl methyl sites for hydroxylation is 1. The highest BCUT2D eigenvalue weighted by Gasteiger charge is 2.27. The van der Waals surface area contributed by atoms with Crippen LogP contribution >= 0.6 is 0 Å². The number of ether oxygens (including phenoxy) is 1. The molecule has 0 aliphatic heterocycles. The van der Waals surface area contributed by atoms with Crippen LogP contribution in [-0.2, 0) is 14.5 Å². The Balaban J connectivity index is 0.000000328. The summed E-state index contributed by atoms with van der Waals surface area (Å²) in [5, 5.41) is 0. The monoisotopic (exact) mass is 274 g/mol. The van der Waals surface area contributed by atoms with E-state index in [4.69, 9.17) is 9.53 Å². The Hall–Kier alpha value is -2.20. The lowest BCUT2D eigenvalue weighted by Crippen LogP contribution is -1.98. The van der Waals surface area contributed by atoms with Gasteiger partial charge >= 0.3 is 6.47 Å².